The molecule has 0 aliphatic carbocycles. The molecular formula is C11H9N4+. The summed E-state index contributed by atoms with van der Waals surface area (Å²) in [6.07, 6.45) is 3.42. The fourth-order valence-electron chi connectivity index (χ4n) is 1.67. The van der Waals surface area contributed by atoms with E-state index in [1.807, 2.05) is 36.5 Å². The Labute approximate surface area is 86.0 Å². The quantitative estimate of drug-likeness (QED) is 0.431. The molecular weight excluding hydrogens is 188 g/mol. The Hall–Kier alpha value is -2.23. The second kappa shape index (κ2) is 2.88. The van der Waals surface area contributed by atoms with Gasteiger partial charge < -0.3 is 5.73 Å². The fraction of sp³-hybridized carbons (Fsp3) is 0. The summed E-state index contributed by atoms with van der Waals surface area (Å²) in [6.45, 7) is 0. The standard InChI is InChI=1S/C11H8N4/c12-10-7-13-15-6-5-8-3-1-2-4-9(8)11(15)14-10/h1-7,12H/p+1. The Balaban J connectivity index is 2.57. The maximum atomic E-state index is 5.63. The van der Waals surface area contributed by atoms with Crippen LogP contribution in [0, 0.1) is 0 Å². The summed E-state index contributed by atoms with van der Waals surface area (Å²) in [5.74, 6) is 0.436. The lowest BCUT2D eigenvalue weighted by molar-refractivity contribution is -0.582. The van der Waals surface area contributed by atoms with E-state index in [1.54, 1.807) is 10.7 Å². The topological polar surface area (TPSA) is 55.9 Å². The molecule has 0 spiro atoms. The van der Waals surface area contributed by atoms with Crippen LogP contribution in [0.2, 0.25) is 0 Å². The van der Waals surface area contributed by atoms with Crippen LogP contribution in [0.25, 0.3) is 16.4 Å². The molecule has 0 bridgehead atoms. The van der Waals surface area contributed by atoms with Crippen molar-refractivity contribution in [3.63, 3.8) is 0 Å². The third-order valence-electron chi connectivity index (χ3n) is 2.36. The molecule has 0 saturated carbocycles. The lowest BCUT2D eigenvalue weighted by atomic mass is 10.2. The van der Waals surface area contributed by atoms with Crippen LogP contribution < -0.4 is 10.2 Å². The summed E-state index contributed by atoms with van der Waals surface area (Å²) >= 11 is 0. The minimum atomic E-state index is 0.436. The van der Waals surface area contributed by atoms with Gasteiger partial charge in [-0.25, -0.2) is 0 Å². The van der Waals surface area contributed by atoms with Crippen molar-refractivity contribution >= 4 is 22.2 Å². The molecule has 2 aromatic heterocycles. The minimum Gasteiger partial charge on any atom is -0.361 e. The number of hydrogen-bond donors (Lipinski definition) is 1. The van der Waals surface area contributed by atoms with E-state index in [0.717, 1.165) is 16.4 Å². The van der Waals surface area contributed by atoms with Crippen molar-refractivity contribution in [3.8, 4) is 0 Å². The van der Waals surface area contributed by atoms with Gasteiger partial charge in [-0.3, -0.25) is 0 Å². The van der Waals surface area contributed by atoms with E-state index in [0.29, 0.717) is 5.82 Å². The van der Waals surface area contributed by atoms with E-state index >= 15 is 0 Å². The highest BCUT2D eigenvalue weighted by molar-refractivity contribution is 5.91. The third-order valence-corrected chi connectivity index (χ3v) is 2.36. The Bertz CT molecular complexity index is 648. The molecule has 2 N–H and O–H groups in total. The largest absolute Gasteiger partial charge is 0.361 e. The third kappa shape index (κ3) is 1.19. The van der Waals surface area contributed by atoms with Crippen LogP contribution in [0.3, 0.4) is 0 Å². The zero-order valence-electron chi connectivity index (χ0n) is 7.96. The van der Waals surface area contributed by atoms with Gasteiger partial charge in [0.05, 0.1) is 5.39 Å². The number of nitrogen functional groups attached to an aromatic ring is 1. The predicted molar refractivity (Wildman–Crippen MR) is 57.1 cm³/mol. The number of nitrogens with zero attached hydrogens (tertiary/aromatic N) is 3. The molecule has 0 fully saturated rings. The van der Waals surface area contributed by atoms with Crippen LogP contribution in [-0.4, -0.2) is 10.1 Å². The molecule has 4 nitrogen and oxygen atoms in total. The Morgan fingerprint density at radius 3 is 2.93 bits per heavy atom. The molecule has 2 heterocycles. The van der Waals surface area contributed by atoms with E-state index < -0.39 is 0 Å². The molecule has 0 amide bonds. The number of pyridine rings is 1. The lowest BCUT2D eigenvalue weighted by Gasteiger charge is -1.95. The summed E-state index contributed by atoms with van der Waals surface area (Å²) < 4.78 is 1.72. The van der Waals surface area contributed by atoms with Crippen LogP contribution in [0.15, 0.2) is 42.7 Å². The van der Waals surface area contributed by atoms with Crippen molar-refractivity contribution in [2.75, 3.05) is 5.73 Å². The Morgan fingerprint density at radius 1 is 1.13 bits per heavy atom. The molecule has 0 unspecified atom stereocenters. The van der Waals surface area contributed by atoms with Gasteiger partial charge in [-0.15, -0.1) is 4.52 Å². The van der Waals surface area contributed by atoms with Crippen LogP contribution in [0.5, 0.6) is 0 Å². The molecule has 0 radical (unpaired) electrons. The van der Waals surface area contributed by atoms with Gasteiger partial charge in [-0.2, -0.15) is 0 Å². The zero-order valence-corrected chi connectivity index (χ0v) is 7.96. The molecule has 0 aliphatic rings. The SMILES string of the molecule is Nc1cn[n+]2ccc3ccccc3c2n1. The first-order valence-electron chi connectivity index (χ1n) is 4.66. The molecule has 1 aromatic carbocycles. The van der Waals surface area contributed by atoms with Gasteiger partial charge in [0.2, 0.25) is 0 Å². The minimum absolute atomic E-state index is 0.436. The molecule has 4 heteroatoms. The van der Waals surface area contributed by atoms with Crippen molar-refractivity contribution in [2.45, 2.75) is 0 Å². The average molecular weight is 197 g/mol. The Kier molecular flexibility index (Phi) is 1.56. The molecule has 0 atom stereocenters. The van der Waals surface area contributed by atoms with Gasteiger partial charge in [-0.05, 0) is 22.5 Å². The second-order valence-electron chi connectivity index (χ2n) is 3.35. The number of anilines is 1. The van der Waals surface area contributed by atoms with Gasteiger partial charge in [-0.1, -0.05) is 23.3 Å². The van der Waals surface area contributed by atoms with Crippen LogP contribution in [0.4, 0.5) is 5.82 Å². The van der Waals surface area contributed by atoms with Gasteiger partial charge in [0.15, 0.2) is 0 Å². The van der Waals surface area contributed by atoms with Gasteiger partial charge in [0.1, 0.15) is 12.4 Å². The molecule has 15 heavy (non-hydrogen) atoms. The molecule has 3 aromatic rings. The first kappa shape index (κ1) is 8.11. The van der Waals surface area contributed by atoms with E-state index in [2.05, 4.69) is 10.1 Å². The van der Waals surface area contributed by atoms with Crippen molar-refractivity contribution in [1.82, 2.24) is 10.1 Å². The molecule has 3 rings (SSSR count). The summed E-state index contributed by atoms with van der Waals surface area (Å²) in [5, 5.41) is 6.35. The molecule has 72 valence electrons. The average Bonchev–Trinajstić information content (AvgIpc) is 2.29. The Morgan fingerprint density at radius 2 is 2.00 bits per heavy atom. The predicted octanol–water partition coefficient (Wildman–Crippen LogP) is 0.951. The normalized spacial score (nSPS) is 10.9. The number of rotatable bonds is 0. The monoisotopic (exact) mass is 197 g/mol. The number of aromatic nitrogens is 3. The van der Waals surface area contributed by atoms with Crippen molar-refractivity contribution < 1.29 is 4.52 Å². The summed E-state index contributed by atoms with van der Waals surface area (Å²) in [4.78, 5) is 4.28. The maximum Gasteiger partial charge on any atom is 0.358 e. The highest BCUT2D eigenvalue weighted by Gasteiger charge is 2.10. The van der Waals surface area contributed by atoms with Crippen molar-refractivity contribution in [1.29, 1.82) is 0 Å². The maximum absolute atomic E-state index is 5.63. The molecule has 0 aliphatic heterocycles. The van der Waals surface area contributed by atoms with Crippen molar-refractivity contribution in [2.24, 2.45) is 0 Å². The first-order chi connectivity index (χ1) is 7.34. The van der Waals surface area contributed by atoms with E-state index in [9.17, 15) is 0 Å². The van der Waals surface area contributed by atoms with Crippen LogP contribution in [-0.2, 0) is 0 Å². The van der Waals surface area contributed by atoms with E-state index in [4.69, 9.17) is 5.73 Å². The van der Waals surface area contributed by atoms with Gasteiger partial charge >= 0.3 is 5.65 Å². The molecule has 0 saturated heterocycles. The van der Waals surface area contributed by atoms with Crippen LogP contribution >= 0.6 is 0 Å². The highest BCUT2D eigenvalue weighted by Crippen LogP contribution is 2.14. The van der Waals surface area contributed by atoms with Crippen LogP contribution in [0.1, 0.15) is 0 Å². The van der Waals surface area contributed by atoms with E-state index in [-0.39, 0.29) is 0 Å². The smallest absolute Gasteiger partial charge is 0.358 e. The lowest BCUT2D eigenvalue weighted by Crippen LogP contribution is -2.27. The fourth-order valence-corrected chi connectivity index (χ4v) is 1.67. The highest BCUT2D eigenvalue weighted by atomic mass is 15.2. The summed E-state index contributed by atoms with van der Waals surface area (Å²) in [5.41, 5.74) is 6.41. The number of hydrogen-bond acceptors (Lipinski definition) is 3. The summed E-state index contributed by atoms with van der Waals surface area (Å²) in [6, 6.07) is 10.0. The second-order valence-corrected chi connectivity index (χ2v) is 3.35. The zero-order chi connectivity index (χ0) is 10.3. The number of benzene rings is 1. The first-order valence-corrected chi connectivity index (χ1v) is 4.66. The van der Waals surface area contributed by atoms with Crippen molar-refractivity contribution in [3.05, 3.63) is 42.7 Å². The van der Waals surface area contributed by atoms with Gasteiger partial charge in [0, 0.05) is 0 Å². The van der Waals surface area contributed by atoms with E-state index in [1.165, 1.54) is 0 Å². The number of nitrogens with two attached hydrogens (primary N) is 1. The summed E-state index contributed by atoms with van der Waals surface area (Å²) in [7, 11) is 0. The van der Waals surface area contributed by atoms with Gasteiger partial charge in [0.25, 0.3) is 5.82 Å². The number of fused-ring (bicyclic) bond motifs is 3.